The number of anilines is 1. The first-order valence-corrected chi connectivity index (χ1v) is 13.2. The molecule has 0 saturated carbocycles. The van der Waals surface area contributed by atoms with E-state index in [0.29, 0.717) is 11.3 Å². The molecule has 9 nitrogen and oxygen atoms in total. The van der Waals surface area contributed by atoms with Crippen LogP contribution in [0.4, 0.5) is 9.57 Å². The molecular weight excluding hydrogens is 525 g/mol. The van der Waals surface area contributed by atoms with Gasteiger partial charge >= 0.3 is 10.5 Å². The second-order valence-electron chi connectivity index (χ2n) is 9.38. The van der Waals surface area contributed by atoms with Crippen molar-refractivity contribution in [2.45, 2.75) is 26.5 Å². The SMILES string of the molecule is CC1(C)C(c2cccc(NC(=O)c3ccc(CO)cn3)c2)=CC=CC1NC(=O)c1ccc(OS(=O)(=O)F)cc1. The molecule has 0 aliphatic heterocycles. The van der Waals surface area contributed by atoms with Gasteiger partial charge in [-0.15, -0.1) is 0 Å². The predicted molar refractivity (Wildman–Crippen MR) is 144 cm³/mol. The minimum Gasteiger partial charge on any atom is -0.392 e. The number of hydrogen-bond donors (Lipinski definition) is 3. The summed E-state index contributed by atoms with van der Waals surface area (Å²) in [5, 5.41) is 15.0. The minimum atomic E-state index is -5.16. The number of allylic oxidation sites excluding steroid dienone is 2. The Kier molecular flexibility index (Phi) is 7.93. The highest BCUT2D eigenvalue weighted by Crippen LogP contribution is 2.41. The van der Waals surface area contributed by atoms with Crippen LogP contribution in [0.25, 0.3) is 5.57 Å². The third-order valence-electron chi connectivity index (χ3n) is 6.31. The van der Waals surface area contributed by atoms with Crippen molar-refractivity contribution >= 4 is 33.6 Å². The Morgan fingerprint density at radius 1 is 1.08 bits per heavy atom. The number of pyridine rings is 1. The molecule has 3 aromatic rings. The molecule has 2 amide bonds. The molecule has 11 heteroatoms. The topological polar surface area (TPSA) is 135 Å². The van der Waals surface area contributed by atoms with E-state index in [0.717, 1.165) is 11.1 Å². The molecule has 0 bridgehead atoms. The van der Waals surface area contributed by atoms with Crippen molar-refractivity contribution in [2.75, 3.05) is 5.32 Å². The van der Waals surface area contributed by atoms with Gasteiger partial charge in [-0.25, -0.2) is 0 Å². The normalized spacial score (nSPS) is 16.2. The molecule has 0 radical (unpaired) electrons. The Bertz CT molecular complexity index is 1550. The molecule has 1 unspecified atom stereocenters. The minimum absolute atomic E-state index is 0.161. The summed E-state index contributed by atoms with van der Waals surface area (Å²) >= 11 is 0. The quantitative estimate of drug-likeness (QED) is 0.357. The van der Waals surface area contributed by atoms with E-state index < -0.39 is 27.9 Å². The maximum Gasteiger partial charge on any atom is 0.488 e. The Morgan fingerprint density at radius 3 is 2.46 bits per heavy atom. The second kappa shape index (κ2) is 11.2. The van der Waals surface area contributed by atoms with Gasteiger partial charge in [0.25, 0.3) is 11.8 Å². The smallest absolute Gasteiger partial charge is 0.392 e. The van der Waals surface area contributed by atoms with Gasteiger partial charge in [0.05, 0.1) is 12.6 Å². The number of hydrogen-bond acceptors (Lipinski definition) is 7. The van der Waals surface area contributed by atoms with Crippen LogP contribution in [-0.2, 0) is 17.1 Å². The average Bonchev–Trinajstić information content (AvgIpc) is 2.89. The number of rotatable bonds is 8. The van der Waals surface area contributed by atoms with E-state index in [1.807, 2.05) is 50.3 Å². The summed E-state index contributed by atoms with van der Waals surface area (Å²) in [6.45, 7) is 3.80. The average molecular weight is 552 g/mol. The van der Waals surface area contributed by atoms with Crippen molar-refractivity contribution in [3.8, 4) is 5.75 Å². The molecule has 3 N–H and O–H groups in total. The highest BCUT2D eigenvalue weighted by Gasteiger charge is 2.35. The van der Waals surface area contributed by atoms with E-state index in [-0.39, 0.29) is 29.5 Å². The Hall–Kier alpha value is -4.35. The first-order chi connectivity index (χ1) is 18.5. The summed E-state index contributed by atoms with van der Waals surface area (Å²) in [6, 6.07) is 15.1. The van der Waals surface area contributed by atoms with Crippen LogP contribution in [0.1, 0.15) is 45.8 Å². The van der Waals surface area contributed by atoms with E-state index >= 15 is 0 Å². The maximum atomic E-state index is 12.9. The zero-order chi connectivity index (χ0) is 28.2. The monoisotopic (exact) mass is 551 g/mol. The van der Waals surface area contributed by atoms with E-state index in [1.165, 1.54) is 30.5 Å². The fourth-order valence-corrected chi connectivity index (χ4v) is 4.54. The number of aliphatic hydroxyl groups excluding tert-OH is 1. The molecule has 1 heterocycles. The van der Waals surface area contributed by atoms with Gasteiger partial charge in [-0.2, -0.15) is 8.42 Å². The number of aromatic nitrogens is 1. The Labute approximate surface area is 225 Å². The van der Waals surface area contributed by atoms with Gasteiger partial charge in [-0.3, -0.25) is 14.6 Å². The van der Waals surface area contributed by atoms with Crippen LogP contribution >= 0.6 is 0 Å². The zero-order valence-corrected chi connectivity index (χ0v) is 21.9. The lowest BCUT2D eigenvalue weighted by Gasteiger charge is -2.38. The van der Waals surface area contributed by atoms with Crippen LogP contribution in [0.2, 0.25) is 0 Å². The van der Waals surface area contributed by atoms with E-state index in [9.17, 15) is 21.9 Å². The highest BCUT2D eigenvalue weighted by atomic mass is 32.3. The zero-order valence-electron chi connectivity index (χ0n) is 21.1. The summed E-state index contributed by atoms with van der Waals surface area (Å²) in [4.78, 5) is 29.7. The molecule has 1 atom stereocenters. The number of nitrogens with one attached hydrogen (secondary N) is 2. The number of amides is 2. The van der Waals surface area contributed by atoms with Crippen LogP contribution in [0.3, 0.4) is 0 Å². The first-order valence-electron chi connectivity index (χ1n) is 11.9. The molecule has 1 aliphatic carbocycles. The third-order valence-corrected chi connectivity index (χ3v) is 6.70. The molecule has 1 aliphatic rings. The van der Waals surface area contributed by atoms with E-state index in [2.05, 4.69) is 19.8 Å². The molecule has 0 fully saturated rings. The van der Waals surface area contributed by atoms with E-state index in [4.69, 9.17) is 5.11 Å². The van der Waals surface area contributed by atoms with Crippen molar-refractivity contribution in [1.29, 1.82) is 0 Å². The number of halogens is 1. The highest BCUT2D eigenvalue weighted by molar-refractivity contribution is 7.81. The van der Waals surface area contributed by atoms with Crippen molar-refractivity contribution in [1.82, 2.24) is 10.3 Å². The van der Waals surface area contributed by atoms with Crippen LogP contribution in [-0.4, -0.2) is 36.4 Å². The molecule has 1 aromatic heterocycles. The summed E-state index contributed by atoms with van der Waals surface area (Å²) in [5.74, 6) is -1.05. The van der Waals surface area contributed by atoms with Gasteiger partial charge in [-0.05, 0) is 59.2 Å². The van der Waals surface area contributed by atoms with Crippen LogP contribution in [0.15, 0.2) is 85.1 Å². The molecule has 39 heavy (non-hydrogen) atoms. The largest absolute Gasteiger partial charge is 0.488 e. The second-order valence-corrected chi connectivity index (χ2v) is 10.3. The molecule has 4 rings (SSSR count). The summed E-state index contributed by atoms with van der Waals surface area (Å²) < 4.78 is 38.2. The first kappa shape index (κ1) is 27.7. The Balaban J connectivity index is 1.47. The van der Waals surface area contributed by atoms with Crippen molar-refractivity contribution < 1.29 is 31.2 Å². The number of benzene rings is 2. The molecule has 202 valence electrons. The number of aliphatic hydroxyl groups is 1. The summed E-state index contributed by atoms with van der Waals surface area (Å²) in [7, 11) is -5.16. The van der Waals surface area contributed by atoms with Crippen LogP contribution in [0, 0.1) is 5.41 Å². The summed E-state index contributed by atoms with van der Waals surface area (Å²) in [5.41, 5.74) is 2.84. The number of carbonyl (C=O) groups is 2. The fourth-order valence-electron chi connectivity index (χ4n) is 4.20. The molecule has 0 spiro atoms. The van der Waals surface area contributed by atoms with Gasteiger partial charge in [0.15, 0.2) is 0 Å². The maximum absolute atomic E-state index is 12.9. The number of nitrogens with zero attached hydrogens (tertiary/aromatic N) is 1. The fraction of sp³-hybridized carbons (Fsp3) is 0.179. The Morgan fingerprint density at radius 2 is 1.82 bits per heavy atom. The van der Waals surface area contributed by atoms with E-state index in [1.54, 1.807) is 18.2 Å². The lowest BCUT2D eigenvalue weighted by molar-refractivity contribution is 0.0927. The van der Waals surface area contributed by atoms with Crippen molar-refractivity contribution in [3.63, 3.8) is 0 Å². The van der Waals surface area contributed by atoms with Gasteiger partial charge in [0, 0.05) is 22.9 Å². The predicted octanol–water partition coefficient (Wildman–Crippen LogP) is 4.20. The van der Waals surface area contributed by atoms with Gasteiger partial charge in [-0.1, -0.05) is 54.2 Å². The summed E-state index contributed by atoms with van der Waals surface area (Å²) in [6.07, 6.45) is 7.09. The standard InChI is InChI=1S/C28H26FN3O6S/c1-28(2)23(20-5-3-6-21(15-20)31-27(35)24-14-9-18(17-33)16-30-24)7-4-8-25(28)32-26(34)19-10-12-22(13-11-19)38-39(29,36)37/h3-16,25,33H,17H2,1-2H3,(H,31,35)(H,32,34). The van der Waals surface area contributed by atoms with Gasteiger partial charge in [0.1, 0.15) is 11.4 Å². The lowest BCUT2D eigenvalue weighted by Crippen LogP contribution is -2.45. The number of carbonyl (C=O) groups excluding carboxylic acids is 2. The van der Waals surface area contributed by atoms with Crippen LogP contribution in [0.5, 0.6) is 5.75 Å². The van der Waals surface area contributed by atoms with Crippen molar-refractivity contribution in [3.05, 3.63) is 107 Å². The lowest BCUT2D eigenvalue weighted by atomic mass is 9.71. The third kappa shape index (κ3) is 6.75. The van der Waals surface area contributed by atoms with Gasteiger partial charge in [0.2, 0.25) is 0 Å². The molecular formula is C28H26FN3O6S. The van der Waals surface area contributed by atoms with Crippen molar-refractivity contribution in [2.24, 2.45) is 5.41 Å². The molecule has 2 aromatic carbocycles. The van der Waals surface area contributed by atoms with Gasteiger partial charge < -0.3 is 19.9 Å². The molecule has 0 saturated heterocycles. The van der Waals surface area contributed by atoms with Crippen LogP contribution < -0.4 is 14.8 Å².